The van der Waals surface area contributed by atoms with E-state index < -0.39 is 26.2 Å². The number of nitrogens with zero attached hydrogens (tertiary/aromatic N) is 2. The zero-order chi connectivity index (χ0) is 45.6. The second-order valence-electron chi connectivity index (χ2n) is 14.2. The van der Waals surface area contributed by atoms with E-state index >= 15 is 0 Å². The summed E-state index contributed by atoms with van der Waals surface area (Å²) in [5.74, 6) is 0. The van der Waals surface area contributed by atoms with E-state index in [-0.39, 0.29) is 47.5 Å². The highest BCUT2D eigenvalue weighted by Crippen LogP contribution is 2.40. The first-order valence-corrected chi connectivity index (χ1v) is 21.0. The lowest BCUT2D eigenvalue weighted by molar-refractivity contribution is 1.17. The molecule has 57 heavy (non-hydrogen) atoms. The smallest absolute Gasteiger partial charge is 0.179 e. The van der Waals surface area contributed by atoms with Gasteiger partial charge in [0, 0.05) is 32.9 Å². The van der Waals surface area contributed by atoms with Gasteiger partial charge in [-0.2, -0.15) is 0 Å². The van der Waals surface area contributed by atoms with Gasteiger partial charge in [-0.3, -0.25) is 0 Å². The lowest BCUT2D eigenvalue weighted by Gasteiger charge is -2.34. The summed E-state index contributed by atoms with van der Waals surface area (Å²) in [6.45, 7) is 0. The number of benzene rings is 9. The third kappa shape index (κ3) is 5.17. The first kappa shape index (κ1) is 25.1. The molecule has 0 aliphatic rings. The van der Waals surface area contributed by atoms with Crippen molar-refractivity contribution >= 4 is 72.4 Å². The molecule has 0 saturated heterocycles. The molecule has 0 saturated carbocycles. The van der Waals surface area contributed by atoms with Crippen LogP contribution in [-0.4, -0.2) is 17.2 Å². The summed E-state index contributed by atoms with van der Waals surface area (Å²) in [4.78, 5) is 0. The van der Waals surface area contributed by atoms with Gasteiger partial charge in [0.2, 0.25) is 0 Å². The molecule has 268 valence electrons. The standard InChI is InChI=1S/C54H38N2Si/c1-5-18-39(19-6-1)46-28-17-31-53-54(46)48-27-14-16-30-51(48)56(53)41-34-37-52-49(38-41)47-26-13-15-29-50(47)55(52)40-32-35-45(36-33-40)57(42-20-7-2-8-21-42,43-22-9-3-10-23-43)44-24-11-4-12-25-44/h1-38H/i1D,5D,6D,18D,19D,32D,33D,35D,36D. The fourth-order valence-electron chi connectivity index (χ4n) is 8.83. The number of hydrogen-bond donors (Lipinski definition) is 0. The van der Waals surface area contributed by atoms with Crippen LogP contribution in [0.15, 0.2) is 230 Å². The molecule has 0 N–H and O–H groups in total. The second-order valence-corrected chi connectivity index (χ2v) is 17.9. The molecule has 2 aromatic heterocycles. The van der Waals surface area contributed by atoms with Crippen LogP contribution in [0.4, 0.5) is 0 Å². The Morgan fingerprint density at radius 1 is 0.351 bits per heavy atom. The van der Waals surface area contributed by atoms with E-state index in [4.69, 9.17) is 6.85 Å². The first-order chi connectivity index (χ1) is 32.0. The van der Waals surface area contributed by atoms with Gasteiger partial charge in [-0.05, 0) is 80.4 Å². The predicted octanol–water partition coefficient (Wildman–Crippen LogP) is 10.9. The average Bonchev–Trinajstić information content (AvgIpc) is 3.87. The monoisotopic (exact) mass is 751 g/mol. The van der Waals surface area contributed by atoms with Crippen LogP contribution in [0.25, 0.3) is 66.1 Å². The minimum Gasteiger partial charge on any atom is -0.309 e. The molecule has 2 heterocycles. The van der Waals surface area contributed by atoms with Crippen molar-refractivity contribution in [2.24, 2.45) is 0 Å². The zero-order valence-electron chi connectivity index (χ0n) is 39.6. The molecule has 0 amide bonds. The Bertz CT molecular complexity index is 3600. The van der Waals surface area contributed by atoms with E-state index in [0.29, 0.717) is 16.3 Å². The molecular weight excluding hydrogens is 705 g/mol. The molecule has 0 spiro atoms. The van der Waals surface area contributed by atoms with Gasteiger partial charge in [-0.25, -0.2) is 0 Å². The van der Waals surface area contributed by atoms with Crippen LogP contribution in [0.1, 0.15) is 12.3 Å². The normalized spacial score (nSPS) is 14.1. The number of fused-ring (bicyclic) bond motifs is 6. The van der Waals surface area contributed by atoms with E-state index in [9.17, 15) is 5.48 Å². The number of hydrogen-bond acceptors (Lipinski definition) is 0. The van der Waals surface area contributed by atoms with Crippen LogP contribution in [0.5, 0.6) is 0 Å². The fraction of sp³-hybridized carbons (Fsp3) is 0. The highest BCUT2D eigenvalue weighted by Gasteiger charge is 2.41. The molecule has 0 fully saturated rings. The quantitative estimate of drug-likeness (QED) is 0.113. The Hall–Kier alpha value is -7.20. The van der Waals surface area contributed by atoms with E-state index in [2.05, 4.69) is 10.6 Å². The summed E-state index contributed by atoms with van der Waals surface area (Å²) in [5, 5.41) is 6.53. The van der Waals surface area contributed by atoms with Crippen molar-refractivity contribution in [1.29, 1.82) is 0 Å². The van der Waals surface area contributed by atoms with Crippen molar-refractivity contribution in [3.05, 3.63) is 230 Å². The molecule has 0 atom stereocenters. The first-order valence-electron chi connectivity index (χ1n) is 23.5. The van der Waals surface area contributed by atoms with Gasteiger partial charge in [0.1, 0.15) is 0 Å². The number of para-hydroxylation sites is 2. The largest absolute Gasteiger partial charge is 0.309 e. The predicted molar refractivity (Wildman–Crippen MR) is 244 cm³/mol. The number of rotatable bonds is 7. The van der Waals surface area contributed by atoms with Crippen molar-refractivity contribution in [3.63, 3.8) is 0 Å². The Morgan fingerprint density at radius 2 is 0.860 bits per heavy atom. The van der Waals surface area contributed by atoms with Crippen LogP contribution < -0.4 is 20.7 Å². The van der Waals surface area contributed by atoms with Gasteiger partial charge in [-0.15, -0.1) is 0 Å². The van der Waals surface area contributed by atoms with Crippen molar-refractivity contribution in [2.45, 2.75) is 0 Å². The molecule has 11 aromatic rings. The fourth-order valence-corrected chi connectivity index (χ4v) is 13.3. The highest BCUT2D eigenvalue weighted by atomic mass is 28.3. The lowest BCUT2D eigenvalue weighted by atomic mass is 9.99. The maximum Gasteiger partial charge on any atom is 0.179 e. The van der Waals surface area contributed by atoms with Crippen molar-refractivity contribution in [3.8, 4) is 22.5 Å². The Kier molecular flexibility index (Phi) is 5.94. The van der Waals surface area contributed by atoms with Crippen LogP contribution in [0, 0.1) is 0 Å². The van der Waals surface area contributed by atoms with Gasteiger partial charge in [-0.1, -0.05) is 182 Å². The minimum absolute atomic E-state index is 0.0861. The molecule has 0 unspecified atom stereocenters. The molecule has 0 radical (unpaired) electrons. The summed E-state index contributed by atoms with van der Waals surface area (Å²) in [6, 6.07) is 55.0. The van der Waals surface area contributed by atoms with Crippen molar-refractivity contribution < 1.29 is 12.3 Å². The third-order valence-corrected chi connectivity index (χ3v) is 15.8. The van der Waals surface area contributed by atoms with Crippen LogP contribution in [-0.2, 0) is 0 Å². The molecule has 0 aliphatic heterocycles. The summed E-state index contributed by atoms with van der Waals surface area (Å²) >= 11 is 0. The van der Waals surface area contributed by atoms with Gasteiger partial charge in [0.25, 0.3) is 0 Å². The Balaban J connectivity index is 1.17. The van der Waals surface area contributed by atoms with E-state index in [1.54, 1.807) is 6.07 Å². The molecular formula is C54H38N2Si. The van der Waals surface area contributed by atoms with Crippen molar-refractivity contribution in [2.75, 3.05) is 0 Å². The molecule has 0 aliphatic carbocycles. The maximum atomic E-state index is 9.99. The minimum atomic E-state index is -3.47. The molecule has 0 bridgehead atoms. The van der Waals surface area contributed by atoms with Crippen LogP contribution >= 0.6 is 0 Å². The molecule has 2 nitrogen and oxygen atoms in total. The summed E-state index contributed by atoms with van der Waals surface area (Å²) in [7, 11) is -3.47. The second kappa shape index (κ2) is 13.5. The van der Waals surface area contributed by atoms with Gasteiger partial charge >= 0.3 is 0 Å². The van der Waals surface area contributed by atoms with Gasteiger partial charge in [0.05, 0.1) is 34.4 Å². The summed E-state index contributed by atoms with van der Waals surface area (Å²) < 4.78 is 86.6. The average molecular weight is 752 g/mol. The molecule has 11 rings (SSSR count). The number of aromatic nitrogens is 2. The van der Waals surface area contributed by atoms with Gasteiger partial charge < -0.3 is 9.13 Å². The van der Waals surface area contributed by atoms with E-state index in [0.717, 1.165) is 59.3 Å². The van der Waals surface area contributed by atoms with E-state index in [1.165, 1.54) is 0 Å². The van der Waals surface area contributed by atoms with Gasteiger partial charge in [0.15, 0.2) is 8.07 Å². The summed E-state index contributed by atoms with van der Waals surface area (Å²) in [5.41, 5.74) is 4.68. The van der Waals surface area contributed by atoms with Crippen LogP contribution in [0.3, 0.4) is 0 Å². The maximum absolute atomic E-state index is 9.99. The highest BCUT2D eigenvalue weighted by molar-refractivity contribution is 7.19. The Labute approximate surface area is 345 Å². The summed E-state index contributed by atoms with van der Waals surface area (Å²) in [6.07, 6.45) is 0. The lowest BCUT2D eigenvalue weighted by Crippen LogP contribution is -2.74. The third-order valence-electron chi connectivity index (χ3n) is 11.2. The Morgan fingerprint density at radius 3 is 1.49 bits per heavy atom. The topological polar surface area (TPSA) is 9.86 Å². The van der Waals surface area contributed by atoms with Crippen LogP contribution in [0.2, 0.25) is 0 Å². The van der Waals surface area contributed by atoms with E-state index in [1.807, 2.05) is 168 Å². The molecule has 9 aromatic carbocycles. The SMILES string of the molecule is [2H]c1c([2H])c([2H])c(-c2cccc3c2c2ccccc2n3-c2ccc3c(c2)c2ccccc2n3-c2c([2H])c([2H])c([Si](c3ccccc3)(c3ccccc3)c3ccccc3)c([2H])c2[2H])c([2H])c1[2H]. The molecule has 3 heteroatoms. The van der Waals surface area contributed by atoms with Crippen molar-refractivity contribution in [1.82, 2.24) is 9.13 Å². The zero-order valence-corrected chi connectivity index (χ0v) is 31.6.